The Kier molecular flexibility index (Phi) is 7.91. The van der Waals surface area contributed by atoms with Gasteiger partial charge in [0.25, 0.3) is 0 Å². The van der Waals surface area contributed by atoms with Crippen LogP contribution in [0.5, 0.6) is 0 Å². The molecule has 3 amide bonds. The highest BCUT2D eigenvalue weighted by Crippen LogP contribution is 2.48. The van der Waals surface area contributed by atoms with Crippen molar-refractivity contribution in [3.8, 4) is 5.69 Å². The minimum atomic E-state index is -0.479. The number of rotatable bonds is 4. The third-order valence-corrected chi connectivity index (χ3v) is 8.65. The van der Waals surface area contributed by atoms with Gasteiger partial charge >= 0.3 is 0 Å². The lowest BCUT2D eigenvalue weighted by atomic mass is 9.87. The van der Waals surface area contributed by atoms with Crippen LogP contribution in [0.2, 0.25) is 0 Å². The number of piperazine rings is 1. The van der Waals surface area contributed by atoms with Crippen LogP contribution in [0.4, 0.5) is 14.6 Å². The van der Waals surface area contributed by atoms with Gasteiger partial charge in [-0.3, -0.25) is 19.3 Å². The van der Waals surface area contributed by atoms with E-state index in [0.29, 0.717) is 48.9 Å². The van der Waals surface area contributed by atoms with E-state index in [9.17, 15) is 23.2 Å². The Labute approximate surface area is 242 Å². The first kappa shape index (κ1) is 28.8. The summed E-state index contributed by atoms with van der Waals surface area (Å²) in [5.74, 6) is -0.886. The fourth-order valence-electron chi connectivity index (χ4n) is 5.27. The summed E-state index contributed by atoms with van der Waals surface area (Å²) in [5.41, 5.74) is 2.15. The maximum absolute atomic E-state index is 14.4. The van der Waals surface area contributed by atoms with Gasteiger partial charge in [-0.25, -0.2) is 13.5 Å². The Morgan fingerprint density at radius 1 is 0.976 bits per heavy atom. The van der Waals surface area contributed by atoms with Crippen molar-refractivity contribution in [1.82, 2.24) is 19.6 Å². The first-order valence-electron chi connectivity index (χ1n) is 13.5. The number of aromatic nitrogens is 2. The summed E-state index contributed by atoms with van der Waals surface area (Å²) in [4.78, 5) is 44.0. The monoisotopic (exact) mass is 581 g/mol. The molecule has 1 fully saturated rings. The Balaban J connectivity index is 1.65. The van der Waals surface area contributed by atoms with E-state index in [-0.39, 0.29) is 35.8 Å². The minimum absolute atomic E-state index is 0.0391. The second-order valence-corrected chi connectivity index (χ2v) is 12.4. The van der Waals surface area contributed by atoms with E-state index in [0.717, 1.165) is 5.56 Å². The highest BCUT2D eigenvalue weighted by Gasteiger charge is 2.40. The molecule has 0 saturated carbocycles. The number of amides is 3. The van der Waals surface area contributed by atoms with Crippen molar-refractivity contribution < 1.29 is 23.2 Å². The van der Waals surface area contributed by atoms with Crippen LogP contribution in [0.1, 0.15) is 49.8 Å². The molecule has 8 nitrogen and oxygen atoms in total. The molecule has 41 heavy (non-hydrogen) atoms. The predicted octanol–water partition coefficient (Wildman–Crippen LogP) is 4.31. The summed E-state index contributed by atoms with van der Waals surface area (Å²) in [5, 5.41) is 4.52. The van der Waals surface area contributed by atoms with Gasteiger partial charge in [-0.1, -0.05) is 32.9 Å². The van der Waals surface area contributed by atoms with Crippen LogP contribution in [-0.4, -0.2) is 75.8 Å². The van der Waals surface area contributed by atoms with Gasteiger partial charge in [0.1, 0.15) is 24.0 Å². The zero-order valence-corrected chi connectivity index (χ0v) is 24.4. The first-order chi connectivity index (χ1) is 19.4. The summed E-state index contributed by atoms with van der Waals surface area (Å²) >= 11 is 1.37. The summed E-state index contributed by atoms with van der Waals surface area (Å²) in [7, 11) is 0. The predicted molar refractivity (Wildman–Crippen MR) is 154 cm³/mol. The molecule has 216 valence electrons. The van der Waals surface area contributed by atoms with Crippen molar-refractivity contribution in [3.05, 3.63) is 77.0 Å². The molecule has 0 aliphatic carbocycles. The van der Waals surface area contributed by atoms with Gasteiger partial charge in [-0.2, -0.15) is 5.10 Å². The van der Waals surface area contributed by atoms with E-state index in [1.165, 1.54) is 47.9 Å². The van der Waals surface area contributed by atoms with E-state index >= 15 is 0 Å². The van der Waals surface area contributed by atoms with Gasteiger partial charge in [0.05, 0.1) is 22.4 Å². The number of benzene rings is 2. The van der Waals surface area contributed by atoms with Crippen LogP contribution in [0.3, 0.4) is 0 Å². The van der Waals surface area contributed by atoms with Crippen LogP contribution in [-0.2, 0) is 19.8 Å². The average Bonchev–Trinajstić information content (AvgIpc) is 3.26. The molecule has 1 aromatic heterocycles. The largest absolute Gasteiger partial charge is 0.339 e. The van der Waals surface area contributed by atoms with Gasteiger partial charge in [0.15, 0.2) is 0 Å². The Bertz CT molecular complexity index is 1480. The van der Waals surface area contributed by atoms with E-state index in [2.05, 4.69) is 0 Å². The summed E-state index contributed by atoms with van der Waals surface area (Å²) in [6, 6.07) is 12.1. The molecule has 0 unspecified atom stereocenters. The number of thioether (sulfide) groups is 1. The highest BCUT2D eigenvalue weighted by atomic mass is 32.2. The first-order valence-corrected chi connectivity index (χ1v) is 14.6. The Hall–Kier alpha value is -3.73. The lowest BCUT2D eigenvalue weighted by Gasteiger charge is -2.35. The molecule has 2 aromatic carbocycles. The van der Waals surface area contributed by atoms with E-state index < -0.39 is 16.5 Å². The molecule has 2 aliphatic rings. The average molecular weight is 582 g/mol. The summed E-state index contributed by atoms with van der Waals surface area (Å²) in [6.45, 7) is 8.91. The maximum atomic E-state index is 14.4. The topological polar surface area (TPSA) is 78.8 Å². The smallest absolute Gasteiger partial charge is 0.242 e. The Morgan fingerprint density at radius 3 is 2.24 bits per heavy atom. The van der Waals surface area contributed by atoms with Crippen molar-refractivity contribution in [2.24, 2.45) is 0 Å². The van der Waals surface area contributed by atoms with Gasteiger partial charge in [-0.05, 0) is 42.0 Å². The van der Waals surface area contributed by atoms with Crippen molar-refractivity contribution in [2.75, 3.05) is 43.4 Å². The molecule has 0 N–H and O–H groups in total. The standard InChI is InChI=1S/C30H33F2N5O3S/c1-19(38)34-12-14-35(15-13-34)24(39)17-36-25(40)18-41-27(20-6-5-7-22(32)16-20)26-28(30(2,3)4)33-37(29(26)36)23-10-8-21(31)9-11-23/h5-11,16,27H,12-15,17-18H2,1-4H3/t27-/m1/s1. The normalized spacial score (nSPS) is 17.9. The van der Waals surface area contributed by atoms with Gasteiger partial charge < -0.3 is 9.80 Å². The van der Waals surface area contributed by atoms with Crippen molar-refractivity contribution in [1.29, 1.82) is 0 Å². The lowest BCUT2D eigenvalue weighted by molar-refractivity contribution is -0.137. The fraction of sp³-hybridized carbons (Fsp3) is 0.400. The third-order valence-electron chi connectivity index (χ3n) is 7.39. The number of anilines is 1. The summed E-state index contributed by atoms with van der Waals surface area (Å²) < 4.78 is 29.9. The maximum Gasteiger partial charge on any atom is 0.242 e. The molecule has 3 heterocycles. The molecule has 5 rings (SSSR count). The minimum Gasteiger partial charge on any atom is -0.339 e. The van der Waals surface area contributed by atoms with Gasteiger partial charge in [-0.15, -0.1) is 11.8 Å². The second kappa shape index (κ2) is 11.3. The number of carbonyl (C=O) groups excluding carboxylic acids is 3. The van der Waals surface area contributed by atoms with Crippen LogP contribution in [0.25, 0.3) is 5.69 Å². The summed E-state index contributed by atoms with van der Waals surface area (Å²) in [6.07, 6.45) is 0. The van der Waals surface area contributed by atoms with Crippen LogP contribution in [0.15, 0.2) is 48.5 Å². The zero-order chi connectivity index (χ0) is 29.5. The van der Waals surface area contributed by atoms with Crippen molar-refractivity contribution in [3.63, 3.8) is 0 Å². The molecule has 2 aliphatic heterocycles. The molecule has 0 spiro atoms. The highest BCUT2D eigenvalue weighted by molar-refractivity contribution is 8.00. The van der Waals surface area contributed by atoms with Crippen LogP contribution < -0.4 is 4.90 Å². The number of fused-ring (bicyclic) bond motifs is 1. The number of nitrogens with zero attached hydrogens (tertiary/aromatic N) is 5. The quantitative estimate of drug-likeness (QED) is 0.459. The zero-order valence-electron chi connectivity index (χ0n) is 23.6. The molecule has 0 radical (unpaired) electrons. The molecule has 3 aromatic rings. The van der Waals surface area contributed by atoms with Crippen molar-refractivity contribution >= 4 is 35.3 Å². The SMILES string of the molecule is CC(=O)N1CCN(C(=O)CN2C(=O)CS[C@H](c3cccc(F)c3)c3c(C(C)(C)C)nn(-c4ccc(F)cc4)c32)CC1. The molecule has 1 atom stereocenters. The number of halogens is 2. The number of hydrogen-bond donors (Lipinski definition) is 0. The molecule has 11 heteroatoms. The number of hydrogen-bond acceptors (Lipinski definition) is 5. The van der Waals surface area contributed by atoms with Crippen molar-refractivity contribution in [2.45, 2.75) is 38.4 Å². The molecular formula is C30H33F2N5O3S. The van der Waals surface area contributed by atoms with Crippen LogP contribution >= 0.6 is 11.8 Å². The fourth-order valence-corrected chi connectivity index (χ4v) is 6.46. The third kappa shape index (κ3) is 5.86. The van der Waals surface area contributed by atoms with E-state index in [4.69, 9.17) is 5.10 Å². The van der Waals surface area contributed by atoms with Gasteiger partial charge in [0, 0.05) is 44.1 Å². The van der Waals surface area contributed by atoms with E-state index in [1.54, 1.807) is 32.7 Å². The number of carbonyl (C=O) groups is 3. The molecule has 1 saturated heterocycles. The Morgan fingerprint density at radius 2 is 1.63 bits per heavy atom. The van der Waals surface area contributed by atoms with Crippen LogP contribution in [0, 0.1) is 11.6 Å². The lowest BCUT2D eigenvalue weighted by Crippen LogP contribution is -2.53. The molecular weight excluding hydrogens is 548 g/mol. The van der Waals surface area contributed by atoms with E-state index in [1.807, 2.05) is 26.8 Å². The molecule has 0 bridgehead atoms. The van der Waals surface area contributed by atoms with Gasteiger partial charge in [0.2, 0.25) is 17.7 Å². The second-order valence-electron chi connectivity index (χ2n) is 11.3.